The summed E-state index contributed by atoms with van der Waals surface area (Å²) in [6.45, 7) is 5.93. The predicted octanol–water partition coefficient (Wildman–Crippen LogP) is 2.97. The summed E-state index contributed by atoms with van der Waals surface area (Å²) in [4.78, 5) is 7.14. The van der Waals surface area contributed by atoms with Crippen molar-refractivity contribution in [3.8, 4) is 0 Å². The van der Waals surface area contributed by atoms with Gasteiger partial charge in [0.05, 0.1) is 4.99 Å². The molecule has 1 heterocycles. The number of anilines is 1. The second kappa shape index (κ2) is 6.02. The van der Waals surface area contributed by atoms with E-state index in [2.05, 4.69) is 23.7 Å². The molecule has 0 amide bonds. The molecule has 5 heteroatoms. The largest absolute Gasteiger partial charge is 0.423 e. The molecular formula is C14H19N3OS. The fraction of sp³-hybridized carbons (Fsp3) is 0.429. The third-order valence-corrected chi connectivity index (χ3v) is 2.97. The summed E-state index contributed by atoms with van der Waals surface area (Å²) in [7, 11) is 0. The minimum atomic E-state index is 0.515. The van der Waals surface area contributed by atoms with Crippen LogP contribution in [0.25, 0.3) is 11.1 Å². The number of hydrogen-bond acceptors (Lipinski definition) is 4. The van der Waals surface area contributed by atoms with Gasteiger partial charge in [-0.1, -0.05) is 38.2 Å². The van der Waals surface area contributed by atoms with Crippen molar-refractivity contribution >= 4 is 34.3 Å². The summed E-state index contributed by atoms with van der Waals surface area (Å²) < 4.78 is 5.79. The first-order chi connectivity index (χ1) is 9.06. The van der Waals surface area contributed by atoms with Crippen molar-refractivity contribution in [3.05, 3.63) is 24.3 Å². The first-order valence-corrected chi connectivity index (χ1v) is 6.86. The van der Waals surface area contributed by atoms with Crippen LogP contribution >= 0.6 is 12.2 Å². The van der Waals surface area contributed by atoms with Gasteiger partial charge in [0.15, 0.2) is 5.58 Å². The Morgan fingerprint density at radius 1 is 1.42 bits per heavy atom. The van der Waals surface area contributed by atoms with E-state index >= 15 is 0 Å². The van der Waals surface area contributed by atoms with Crippen LogP contribution in [0.4, 0.5) is 6.01 Å². The van der Waals surface area contributed by atoms with Crippen LogP contribution in [0.15, 0.2) is 28.7 Å². The van der Waals surface area contributed by atoms with E-state index in [-0.39, 0.29) is 0 Å². The molecule has 0 aliphatic carbocycles. The molecule has 2 aromatic rings. The predicted molar refractivity (Wildman–Crippen MR) is 82.5 cm³/mol. The molecule has 0 bridgehead atoms. The highest BCUT2D eigenvalue weighted by molar-refractivity contribution is 7.80. The monoisotopic (exact) mass is 277 g/mol. The van der Waals surface area contributed by atoms with Crippen molar-refractivity contribution in [3.63, 3.8) is 0 Å². The highest BCUT2D eigenvalue weighted by Crippen LogP contribution is 2.22. The summed E-state index contributed by atoms with van der Waals surface area (Å²) >= 11 is 4.94. The lowest BCUT2D eigenvalue weighted by atomic mass is 10.2. The number of hydrogen-bond donors (Lipinski definition) is 1. The zero-order chi connectivity index (χ0) is 13.8. The molecule has 1 aromatic heterocycles. The Morgan fingerprint density at radius 2 is 2.16 bits per heavy atom. The molecule has 0 fully saturated rings. The Labute approximate surface area is 118 Å². The van der Waals surface area contributed by atoms with Crippen LogP contribution in [-0.2, 0) is 0 Å². The van der Waals surface area contributed by atoms with E-state index in [1.54, 1.807) is 0 Å². The fourth-order valence-corrected chi connectivity index (χ4v) is 2.04. The highest BCUT2D eigenvalue weighted by atomic mass is 32.1. The number of nitrogens with two attached hydrogens (primary N) is 1. The van der Waals surface area contributed by atoms with Crippen molar-refractivity contribution in [2.45, 2.75) is 20.3 Å². The van der Waals surface area contributed by atoms with Crippen LogP contribution in [0.5, 0.6) is 0 Å². The molecule has 0 aliphatic heterocycles. The molecule has 4 nitrogen and oxygen atoms in total. The maximum atomic E-state index is 5.79. The summed E-state index contributed by atoms with van der Waals surface area (Å²) in [6.07, 6.45) is 0.667. The molecule has 0 saturated carbocycles. The minimum absolute atomic E-state index is 0.515. The standard InChI is InChI=1S/C14H19N3OS/c1-10(2)9-17(8-7-13(15)19)14-16-11-5-3-4-6-12(11)18-14/h3-6,10H,7-9H2,1-2H3,(H2,15,19). The molecule has 0 spiro atoms. The Kier molecular flexibility index (Phi) is 4.37. The molecule has 0 radical (unpaired) electrons. The van der Waals surface area contributed by atoms with Gasteiger partial charge in [0.2, 0.25) is 0 Å². The number of benzene rings is 1. The third kappa shape index (κ3) is 3.67. The van der Waals surface area contributed by atoms with E-state index in [4.69, 9.17) is 22.4 Å². The lowest BCUT2D eigenvalue weighted by molar-refractivity contribution is 0.531. The Bertz CT molecular complexity index is 532. The van der Waals surface area contributed by atoms with E-state index in [0.29, 0.717) is 23.3 Å². The van der Waals surface area contributed by atoms with Crippen molar-refractivity contribution in [1.29, 1.82) is 0 Å². The normalized spacial score (nSPS) is 11.1. The van der Waals surface area contributed by atoms with Gasteiger partial charge in [0.25, 0.3) is 6.01 Å². The molecule has 0 saturated heterocycles. The second-order valence-electron chi connectivity index (χ2n) is 5.02. The van der Waals surface area contributed by atoms with Gasteiger partial charge in [-0.15, -0.1) is 0 Å². The minimum Gasteiger partial charge on any atom is -0.423 e. The third-order valence-electron chi connectivity index (χ3n) is 2.77. The van der Waals surface area contributed by atoms with Gasteiger partial charge in [0, 0.05) is 19.5 Å². The van der Waals surface area contributed by atoms with Gasteiger partial charge >= 0.3 is 0 Å². The number of rotatable bonds is 6. The molecule has 2 rings (SSSR count). The van der Waals surface area contributed by atoms with E-state index in [0.717, 1.165) is 24.2 Å². The van der Waals surface area contributed by atoms with Gasteiger partial charge in [-0.25, -0.2) is 0 Å². The Hall–Kier alpha value is -1.62. The molecule has 2 N–H and O–H groups in total. The maximum absolute atomic E-state index is 5.79. The lowest BCUT2D eigenvalue weighted by Crippen LogP contribution is -2.31. The molecule has 1 aromatic carbocycles. The van der Waals surface area contributed by atoms with Crippen LogP contribution in [-0.4, -0.2) is 23.1 Å². The van der Waals surface area contributed by atoms with E-state index in [1.807, 2.05) is 24.3 Å². The van der Waals surface area contributed by atoms with Crippen molar-refractivity contribution in [2.75, 3.05) is 18.0 Å². The van der Waals surface area contributed by atoms with Gasteiger partial charge in [-0.3, -0.25) is 0 Å². The van der Waals surface area contributed by atoms with Crippen LogP contribution in [0, 0.1) is 5.92 Å². The molecular weight excluding hydrogens is 258 g/mol. The highest BCUT2D eigenvalue weighted by Gasteiger charge is 2.15. The Morgan fingerprint density at radius 3 is 2.79 bits per heavy atom. The molecule has 19 heavy (non-hydrogen) atoms. The average Bonchev–Trinajstić information content (AvgIpc) is 2.77. The van der Waals surface area contributed by atoms with Crippen molar-refractivity contribution in [1.82, 2.24) is 4.98 Å². The fourth-order valence-electron chi connectivity index (χ4n) is 1.95. The number of aromatic nitrogens is 1. The summed E-state index contributed by atoms with van der Waals surface area (Å²) in [6, 6.07) is 8.41. The summed E-state index contributed by atoms with van der Waals surface area (Å²) in [5.41, 5.74) is 7.26. The maximum Gasteiger partial charge on any atom is 0.298 e. The van der Waals surface area contributed by atoms with Gasteiger partial charge in [-0.05, 0) is 18.1 Å². The lowest BCUT2D eigenvalue weighted by Gasteiger charge is -2.22. The first-order valence-electron chi connectivity index (χ1n) is 6.45. The Balaban J connectivity index is 2.22. The van der Waals surface area contributed by atoms with Crippen molar-refractivity contribution in [2.24, 2.45) is 11.7 Å². The number of oxazole rings is 1. The van der Waals surface area contributed by atoms with E-state index in [1.165, 1.54) is 0 Å². The van der Waals surface area contributed by atoms with E-state index in [9.17, 15) is 0 Å². The number of fused-ring (bicyclic) bond motifs is 1. The summed E-state index contributed by atoms with van der Waals surface area (Å²) in [5.74, 6) is 0.515. The topological polar surface area (TPSA) is 55.3 Å². The average molecular weight is 277 g/mol. The SMILES string of the molecule is CC(C)CN(CCC(N)=S)c1nc2ccccc2o1. The van der Waals surface area contributed by atoms with Crippen LogP contribution in [0.3, 0.4) is 0 Å². The first kappa shape index (κ1) is 13.8. The quantitative estimate of drug-likeness (QED) is 0.823. The van der Waals surface area contributed by atoms with Gasteiger partial charge in [-0.2, -0.15) is 4.98 Å². The summed E-state index contributed by atoms with van der Waals surface area (Å²) in [5, 5.41) is 0. The van der Waals surface area contributed by atoms with Gasteiger partial charge in [0.1, 0.15) is 5.52 Å². The van der Waals surface area contributed by atoms with Crippen LogP contribution in [0.2, 0.25) is 0 Å². The van der Waals surface area contributed by atoms with Gasteiger partial charge < -0.3 is 15.1 Å². The molecule has 0 atom stereocenters. The smallest absolute Gasteiger partial charge is 0.298 e. The zero-order valence-electron chi connectivity index (χ0n) is 11.3. The van der Waals surface area contributed by atoms with Crippen LogP contribution < -0.4 is 10.6 Å². The number of para-hydroxylation sites is 2. The molecule has 0 unspecified atom stereocenters. The zero-order valence-corrected chi connectivity index (χ0v) is 12.1. The molecule has 102 valence electrons. The number of thiocarbonyl (C=S) groups is 1. The van der Waals surface area contributed by atoms with Crippen molar-refractivity contribution < 1.29 is 4.42 Å². The second-order valence-corrected chi connectivity index (χ2v) is 5.54. The van der Waals surface area contributed by atoms with Crippen LogP contribution in [0.1, 0.15) is 20.3 Å². The molecule has 0 aliphatic rings. The number of nitrogens with zero attached hydrogens (tertiary/aromatic N) is 2. The van der Waals surface area contributed by atoms with E-state index < -0.39 is 0 Å².